The summed E-state index contributed by atoms with van der Waals surface area (Å²) in [5.74, 6) is -3.80. The topological polar surface area (TPSA) is 103 Å². The van der Waals surface area contributed by atoms with Crippen LogP contribution in [0, 0.1) is 5.82 Å². The second-order valence-electron chi connectivity index (χ2n) is 5.53. The van der Waals surface area contributed by atoms with E-state index in [1.165, 1.54) is 24.3 Å². The molecule has 0 aromatic heterocycles. The van der Waals surface area contributed by atoms with E-state index in [1.807, 2.05) is 0 Å². The van der Waals surface area contributed by atoms with Gasteiger partial charge in [0.1, 0.15) is 5.82 Å². The molecule has 1 amide bonds. The zero-order valence-corrected chi connectivity index (χ0v) is 13.9. The number of hydrogen-bond donors (Lipinski definition) is 2. The third kappa shape index (κ3) is 3.56. The van der Waals surface area contributed by atoms with E-state index in [2.05, 4.69) is 0 Å². The summed E-state index contributed by atoms with van der Waals surface area (Å²) >= 11 is 0. The molecule has 4 N–H and O–H groups in total. The summed E-state index contributed by atoms with van der Waals surface area (Å²) in [7, 11) is -4.74. The van der Waals surface area contributed by atoms with E-state index in [9.17, 15) is 30.8 Å². The molecule has 26 heavy (non-hydrogen) atoms. The van der Waals surface area contributed by atoms with Crippen molar-refractivity contribution in [2.24, 2.45) is 11.5 Å². The Hall–Kier alpha value is -2.46. The molecule has 0 aliphatic carbocycles. The van der Waals surface area contributed by atoms with Gasteiger partial charge in [0.05, 0.1) is 11.3 Å². The Morgan fingerprint density at radius 1 is 1.00 bits per heavy atom. The number of hydrogen-bond acceptors (Lipinski definition) is 4. The van der Waals surface area contributed by atoms with Crippen molar-refractivity contribution < 1.29 is 30.8 Å². The Labute approximate surface area is 146 Å². The van der Waals surface area contributed by atoms with E-state index < -0.39 is 49.5 Å². The van der Waals surface area contributed by atoms with Gasteiger partial charge in [-0.1, -0.05) is 36.4 Å². The number of carbonyl (C=O) groups is 1. The van der Waals surface area contributed by atoms with E-state index in [0.29, 0.717) is 12.1 Å². The van der Waals surface area contributed by atoms with Gasteiger partial charge in [-0.3, -0.25) is 4.79 Å². The van der Waals surface area contributed by atoms with Gasteiger partial charge in [-0.05, 0) is 17.7 Å². The van der Waals surface area contributed by atoms with E-state index in [-0.39, 0.29) is 11.6 Å². The van der Waals surface area contributed by atoms with Crippen LogP contribution in [0.15, 0.2) is 48.5 Å². The second-order valence-corrected chi connectivity index (χ2v) is 7.69. The summed E-state index contributed by atoms with van der Waals surface area (Å²) in [6.45, 7) is 0. The standard InChI is InChI=1S/C16H14F4N2O3S/c17-11-6-7-12(13(8-11)16(18,19)20)15(22,14(21)23)26(24,25)9-10-4-2-1-3-5-10/h1-8H,9,22H2,(H2,21,23). The van der Waals surface area contributed by atoms with E-state index >= 15 is 0 Å². The number of nitrogens with two attached hydrogens (primary N) is 2. The first-order valence-electron chi connectivity index (χ1n) is 7.12. The Bertz CT molecular complexity index is 930. The van der Waals surface area contributed by atoms with Crippen molar-refractivity contribution in [3.05, 3.63) is 71.0 Å². The van der Waals surface area contributed by atoms with E-state index in [4.69, 9.17) is 11.5 Å². The minimum absolute atomic E-state index is 0.0674. The van der Waals surface area contributed by atoms with Crippen LogP contribution in [-0.4, -0.2) is 14.3 Å². The van der Waals surface area contributed by atoms with Crippen molar-refractivity contribution in [1.29, 1.82) is 0 Å². The first-order valence-corrected chi connectivity index (χ1v) is 8.77. The molecule has 0 radical (unpaired) electrons. The molecule has 2 aromatic rings. The molecule has 0 saturated carbocycles. The molecular formula is C16H14F4N2O3S. The number of halogens is 4. The molecule has 0 heterocycles. The molecule has 0 aliphatic heterocycles. The quantitative estimate of drug-likeness (QED) is 0.763. The fourth-order valence-corrected chi connectivity index (χ4v) is 4.11. The minimum atomic E-state index is -5.15. The lowest BCUT2D eigenvalue weighted by Gasteiger charge is -2.29. The van der Waals surface area contributed by atoms with Crippen molar-refractivity contribution in [3.63, 3.8) is 0 Å². The molecule has 0 spiro atoms. The van der Waals surface area contributed by atoms with Gasteiger partial charge in [0, 0.05) is 5.56 Å². The van der Waals surface area contributed by atoms with Gasteiger partial charge in [0.15, 0.2) is 9.84 Å². The maximum absolute atomic E-state index is 13.3. The van der Waals surface area contributed by atoms with Gasteiger partial charge in [0.25, 0.3) is 5.91 Å². The molecule has 0 fully saturated rings. The van der Waals surface area contributed by atoms with Gasteiger partial charge in [-0.15, -0.1) is 0 Å². The van der Waals surface area contributed by atoms with Gasteiger partial charge in [-0.25, -0.2) is 12.8 Å². The van der Waals surface area contributed by atoms with Crippen molar-refractivity contribution in [2.45, 2.75) is 16.8 Å². The predicted molar refractivity (Wildman–Crippen MR) is 85.5 cm³/mol. The Kier molecular flexibility index (Phi) is 5.11. The summed E-state index contributed by atoms with van der Waals surface area (Å²) in [6, 6.07) is 8.56. The van der Waals surface area contributed by atoms with Crippen LogP contribution in [0.2, 0.25) is 0 Å². The predicted octanol–water partition coefficient (Wildman–Crippen LogP) is 2.06. The third-order valence-corrected chi connectivity index (χ3v) is 5.86. The lowest BCUT2D eigenvalue weighted by molar-refractivity contribution is -0.139. The van der Waals surface area contributed by atoms with Crippen molar-refractivity contribution >= 4 is 15.7 Å². The third-order valence-electron chi connectivity index (χ3n) is 3.74. The van der Waals surface area contributed by atoms with Crippen LogP contribution in [0.4, 0.5) is 17.6 Å². The van der Waals surface area contributed by atoms with Gasteiger partial charge in [0.2, 0.25) is 4.87 Å². The summed E-state index contributed by atoms with van der Waals surface area (Å²) in [5.41, 5.74) is 8.12. The van der Waals surface area contributed by atoms with Gasteiger partial charge >= 0.3 is 6.18 Å². The van der Waals surface area contributed by atoms with Crippen LogP contribution in [0.1, 0.15) is 16.7 Å². The smallest absolute Gasteiger partial charge is 0.367 e. The monoisotopic (exact) mass is 390 g/mol. The Morgan fingerprint density at radius 3 is 2.08 bits per heavy atom. The van der Waals surface area contributed by atoms with E-state index in [0.717, 1.165) is 0 Å². The van der Waals surface area contributed by atoms with Crippen LogP contribution in [0.3, 0.4) is 0 Å². The Balaban J connectivity index is 2.71. The lowest BCUT2D eigenvalue weighted by atomic mass is 9.99. The fraction of sp³-hybridized carbons (Fsp3) is 0.188. The molecule has 1 unspecified atom stereocenters. The average Bonchev–Trinajstić information content (AvgIpc) is 2.53. The maximum atomic E-state index is 13.3. The lowest BCUT2D eigenvalue weighted by Crippen LogP contribution is -2.56. The molecule has 2 aromatic carbocycles. The normalized spacial score (nSPS) is 14.7. The second kappa shape index (κ2) is 6.69. The number of benzene rings is 2. The fourth-order valence-electron chi connectivity index (χ4n) is 2.44. The number of amides is 1. The molecule has 140 valence electrons. The zero-order valence-electron chi connectivity index (χ0n) is 13.1. The van der Waals surface area contributed by atoms with Crippen molar-refractivity contribution in [2.75, 3.05) is 0 Å². The van der Waals surface area contributed by atoms with Crippen LogP contribution >= 0.6 is 0 Å². The summed E-state index contributed by atoms with van der Waals surface area (Å²) < 4.78 is 78.6. The van der Waals surface area contributed by atoms with Crippen molar-refractivity contribution in [1.82, 2.24) is 0 Å². The molecule has 1 atom stereocenters. The van der Waals surface area contributed by atoms with Crippen molar-refractivity contribution in [3.8, 4) is 0 Å². The highest BCUT2D eigenvalue weighted by atomic mass is 32.2. The van der Waals surface area contributed by atoms with Gasteiger partial charge < -0.3 is 11.5 Å². The summed E-state index contributed by atoms with van der Waals surface area (Å²) in [6.07, 6.45) is -5.15. The average molecular weight is 390 g/mol. The minimum Gasteiger partial charge on any atom is -0.367 e. The zero-order chi connectivity index (χ0) is 19.8. The molecule has 10 heteroatoms. The molecule has 0 aliphatic rings. The molecule has 0 saturated heterocycles. The highest BCUT2D eigenvalue weighted by Gasteiger charge is 2.52. The first-order chi connectivity index (χ1) is 11.9. The first kappa shape index (κ1) is 19.9. The molecule has 5 nitrogen and oxygen atoms in total. The number of sulfone groups is 1. The summed E-state index contributed by atoms with van der Waals surface area (Å²) in [4.78, 5) is 8.69. The van der Waals surface area contributed by atoms with E-state index in [1.54, 1.807) is 6.07 Å². The van der Waals surface area contributed by atoms with Crippen LogP contribution < -0.4 is 11.5 Å². The van der Waals surface area contributed by atoms with Crippen LogP contribution in [-0.2, 0) is 31.4 Å². The molecule has 2 rings (SSSR count). The molecule has 0 bridgehead atoms. The number of primary amides is 1. The van der Waals surface area contributed by atoms with Crippen LogP contribution in [0.5, 0.6) is 0 Å². The highest BCUT2D eigenvalue weighted by molar-refractivity contribution is 7.92. The molecular weight excluding hydrogens is 376 g/mol. The number of alkyl halides is 3. The number of rotatable bonds is 5. The SMILES string of the molecule is NC(=O)C(N)(c1ccc(F)cc1C(F)(F)F)S(=O)(=O)Cc1ccccc1. The Morgan fingerprint density at radius 2 is 1.58 bits per heavy atom. The largest absolute Gasteiger partial charge is 0.416 e. The maximum Gasteiger partial charge on any atom is 0.416 e. The highest BCUT2D eigenvalue weighted by Crippen LogP contribution is 2.39. The summed E-state index contributed by atoms with van der Waals surface area (Å²) in [5, 5.41) is 0. The van der Waals surface area contributed by atoms with Gasteiger partial charge in [-0.2, -0.15) is 13.2 Å². The number of carbonyl (C=O) groups excluding carboxylic acids is 1. The van der Waals surface area contributed by atoms with Crippen LogP contribution in [0.25, 0.3) is 0 Å².